The molecule has 3 nitrogen and oxygen atoms in total. The minimum Gasteiger partial charge on any atom is -0.451 e. The fraction of sp³-hybridized carbons (Fsp3) is 0.0625. The lowest BCUT2D eigenvalue weighted by atomic mass is 10.1. The van der Waals surface area contributed by atoms with E-state index in [0.29, 0.717) is 5.58 Å². The van der Waals surface area contributed by atoms with Crippen LogP contribution in [0.3, 0.4) is 0 Å². The Morgan fingerprint density at radius 2 is 1.80 bits per heavy atom. The van der Waals surface area contributed by atoms with Crippen molar-refractivity contribution in [2.45, 2.75) is 6.92 Å². The van der Waals surface area contributed by atoms with Gasteiger partial charge in [-0.15, -0.1) is 0 Å². The first-order valence-electron chi connectivity index (χ1n) is 6.21. The van der Waals surface area contributed by atoms with E-state index in [2.05, 4.69) is 5.32 Å². The average molecular weight is 269 g/mol. The van der Waals surface area contributed by atoms with Gasteiger partial charge in [0.25, 0.3) is 5.91 Å². The van der Waals surface area contributed by atoms with Crippen LogP contribution in [0.15, 0.2) is 52.9 Å². The van der Waals surface area contributed by atoms with E-state index in [9.17, 15) is 9.18 Å². The molecule has 20 heavy (non-hydrogen) atoms. The largest absolute Gasteiger partial charge is 0.451 e. The molecule has 100 valence electrons. The van der Waals surface area contributed by atoms with Crippen LogP contribution >= 0.6 is 0 Å². The third kappa shape index (κ3) is 2.05. The Morgan fingerprint density at radius 3 is 2.55 bits per heavy atom. The van der Waals surface area contributed by atoms with Crippen molar-refractivity contribution >= 4 is 22.6 Å². The number of aryl methyl sites for hydroxylation is 1. The Balaban J connectivity index is 1.97. The summed E-state index contributed by atoms with van der Waals surface area (Å²) in [6, 6.07) is 13.4. The molecule has 0 aliphatic rings. The van der Waals surface area contributed by atoms with Gasteiger partial charge in [0.05, 0.1) is 5.69 Å². The summed E-state index contributed by atoms with van der Waals surface area (Å²) >= 11 is 0. The number of carbonyl (C=O) groups excluding carboxylic acids is 1. The second-order valence-corrected chi connectivity index (χ2v) is 4.49. The molecule has 3 rings (SSSR count). The van der Waals surface area contributed by atoms with E-state index in [4.69, 9.17) is 4.42 Å². The first-order valence-corrected chi connectivity index (χ1v) is 6.21. The van der Waals surface area contributed by atoms with Crippen LogP contribution < -0.4 is 5.32 Å². The minimum atomic E-state index is -0.477. The number of nitrogens with one attached hydrogen (secondary N) is 1. The highest BCUT2D eigenvalue weighted by Gasteiger charge is 2.18. The van der Waals surface area contributed by atoms with Crippen molar-refractivity contribution in [2.75, 3.05) is 5.32 Å². The number of carbonyl (C=O) groups is 1. The van der Waals surface area contributed by atoms with Crippen LogP contribution in [0, 0.1) is 12.7 Å². The molecule has 0 saturated heterocycles. The van der Waals surface area contributed by atoms with Gasteiger partial charge < -0.3 is 9.73 Å². The number of halogens is 1. The fourth-order valence-electron chi connectivity index (χ4n) is 2.13. The van der Waals surface area contributed by atoms with Crippen molar-refractivity contribution < 1.29 is 13.6 Å². The maximum absolute atomic E-state index is 13.5. The Labute approximate surface area is 115 Å². The number of rotatable bonds is 2. The second-order valence-electron chi connectivity index (χ2n) is 4.49. The maximum Gasteiger partial charge on any atom is 0.291 e. The number of amides is 1. The van der Waals surface area contributed by atoms with E-state index in [1.807, 2.05) is 25.1 Å². The summed E-state index contributed by atoms with van der Waals surface area (Å²) < 4.78 is 19.1. The Morgan fingerprint density at radius 1 is 1.10 bits per heavy atom. The van der Waals surface area contributed by atoms with Crippen LogP contribution in [0.2, 0.25) is 0 Å². The average Bonchev–Trinajstić information content (AvgIpc) is 2.79. The molecule has 1 amide bonds. The molecule has 1 heterocycles. The molecule has 0 aliphatic heterocycles. The quantitative estimate of drug-likeness (QED) is 0.760. The smallest absolute Gasteiger partial charge is 0.291 e. The molecule has 0 saturated carbocycles. The summed E-state index contributed by atoms with van der Waals surface area (Å²) in [5, 5.41) is 3.40. The van der Waals surface area contributed by atoms with Gasteiger partial charge in [0.1, 0.15) is 11.4 Å². The summed E-state index contributed by atoms with van der Waals surface area (Å²) in [5.41, 5.74) is 1.52. The SMILES string of the molecule is Cc1c(C(=O)Nc2ccccc2F)oc2ccccc12. The van der Waals surface area contributed by atoms with Crippen LogP contribution in [-0.2, 0) is 0 Å². The highest BCUT2D eigenvalue weighted by Crippen LogP contribution is 2.25. The first kappa shape index (κ1) is 12.4. The zero-order valence-electron chi connectivity index (χ0n) is 10.8. The molecule has 1 aromatic heterocycles. The molecule has 1 N–H and O–H groups in total. The second kappa shape index (κ2) is 4.81. The molecule has 0 aliphatic carbocycles. The van der Waals surface area contributed by atoms with Gasteiger partial charge in [-0.25, -0.2) is 4.39 Å². The molecule has 0 bridgehead atoms. The Kier molecular flexibility index (Phi) is 2.99. The number of anilines is 1. The van der Waals surface area contributed by atoms with Crippen molar-refractivity contribution in [3.63, 3.8) is 0 Å². The predicted molar refractivity (Wildman–Crippen MR) is 75.3 cm³/mol. The van der Waals surface area contributed by atoms with Crippen LogP contribution in [0.4, 0.5) is 10.1 Å². The lowest BCUT2D eigenvalue weighted by Gasteiger charge is -2.04. The number of fused-ring (bicyclic) bond motifs is 1. The zero-order valence-corrected chi connectivity index (χ0v) is 10.8. The first-order chi connectivity index (χ1) is 9.66. The highest BCUT2D eigenvalue weighted by atomic mass is 19.1. The topological polar surface area (TPSA) is 42.2 Å². The van der Waals surface area contributed by atoms with E-state index in [1.165, 1.54) is 12.1 Å². The summed E-state index contributed by atoms with van der Waals surface area (Å²) in [4.78, 5) is 12.2. The van der Waals surface area contributed by atoms with Gasteiger partial charge in [-0.2, -0.15) is 0 Å². The van der Waals surface area contributed by atoms with Gasteiger partial charge in [0.2, 0.25) is 0 Å². The van der Waals surface area contributed by atoms with Crippen molar-refractivity contribution in [3.05, 3.63) is 65.7 Å². The molecule has 2 aromatic carbocycles. The minimum absolute atomic E-state index is 0.136. The van der Waals surface area contributed by atoms with Gasteiger partial charge in [0, 0.05) is 10.9 Å². The van der Waals surface area contributed by atoms with E-state index in [-0.39, 0.29) is 11.4 Å². The van der Waals surface area contributed by atoms with Crippen LogP contribution in [0.5, 0.6) is 0 Å². The van der Waals surface area contributed by atoms with Crippen molar-refractivity contribution in [1.82, 2.24) is 0 Å². The molecule has 0 fully saturated rings. The number of hydrogen-bond acceptors (Lipinski definition) is 2. The fourth-order valence-corrected chi connectivity index (χ4v) is 2.13. The summed E-state index contributed by atoms with van der Waals surface area (Å²) in [6.45, 7) is 1.81. The summed E-state index contributed by atoms with van der Waals surface area (Å²) in [6.07, 6.45) is 0. The van der Waals surface area contributed by atoms with E-state index >= 15 is 0 Å². The van der Waals surface area contributed by atoms with Gasteiger partial charge in [-0.3, -0.25) is 4.79 Å². The molecule has 0 unspecified atom stereocenters. The van der Waals surface area contributed by atoms with Crippen LogP contribution in [0.1, 0.15) is 16.1 Å². The Bertz CT molecular complexity index is 792. The van der Waals surface area contributed by atoms with E-state index in [1.54, 1.807) is 18.2 Å². The molecular formula is C16H12FNO2. The molecule has 0 atom stereocenters. The number of benzene rings is 2. The monoisotopic (exact) mass is 269 g/mol. The third-order valence-electron chi connectivity index (χ3n) is 3.17. The standard InChI is InChI=1S/C16H12FNO2/c1-10-11-6-2-5-9-14(11)20-15(10)16(19)18-13-8-4-3-7-12(13)17/h2-9H,1H3,(H,18,19). The Hall–Kier alpha value is -2.62. The van der Waals surface area contributed by atoms with Gasteiger partial charge in [-0.05, 0) is 25.1 Å². The molecule has 4 heteroatoms. The van der Waals surface area contributed by atoms with Crippen molar-refractivity contribution in [1.29, 1.82) is 0 Å². The number of furan rings is 1. The van der Waals surface area contributed by atoms with E-state index in [0.717, 1.165) is 10.9 Å². The maximum atomic E-state index is 13.5. The summed E-state index contributed by atoms with van der Waals surface area (Å²) in [5.74, 6) is -0.729. The molecule has 3 aromatic rings. The normalized spacial score (nSPS) is 10.7. The van der Waals surface area contributed by atoms with Crippen LogP contribution in [0.25, 0.3) is 11.0 Å². The van der Waals surface area contributed by atoms with Gasteiger partial charge in [-0.1, -0.05) is 30.3 Å². The highest BCUT2D eigenvalue weighted by molar-refractivity contribution is 6.06. The summed E-state index contributed by atoms with van der Waals surface area (Å²) in [7, 11) is 0. The lowest BCUT2D eigenvalue weighted by Crippen LogP contribution is -2.13. The number of hydrogen-bond donors (Lipinski definition) is 1. The van der Waals surface area contributed by atoms with E-state index < -0.39 is 11.7 Å². The zero-order chi connectivity index (χ0) is 14.1. The van der Waals surface area contributed by atoms with Crippen molar-refractivity contribution in [3.8, 4) is 0 Å². The van der Waals surface area contributed by atoms with Crippen molar-refractivity contribution in [2.24, 2.45) is 0 Å². The molecule has 0 spiro atoms. The number of para-hydroxylation sites is 2. The molecular weight excluding hydrogens is 257 g/mol. The lowest BCUT2D eigenvalue weighted by molar-refractivity contribution is 0.0997. The van der Waals surface area contributed by atoms with Crippen LogP contribution in [-0.4, -0.2) is 5.91 Å². The molecule has 0 radical (unpaired) electrons. The van der Waals surface area contributed by atoms with Gasteiger partial charge in [0.15, 0.2) is 5.76 Å². The third-order valence-corrected chi connectivity index (χ3v) is 3.17. The predicted octanol–water partition coefficient (Wildman–Crippen LogP) is 4.13. The van der Waals surface area contributed by atoms with Gasteiger partial charge >= 0.3 is 0 Å².